The fourth-order valence-corrected chi connectivity index (χ4v) is 3.81. The van der Waals surface area contributed by atoms with Crippen molar-refractivity contribution in [1.82, 2.24) is 4.31 Å². The zero-order valence-electron chi connectivity index (χ0n) is 13.6. The minimum atomic E-state index is -3.47. The van der Waals surface area contributed by atoms with E-state index < -0.39 is 10.0 Å². The van der Waals surface area contributed by atoms with Gasteiger partial charge in [-0.05, 0) is 49.6 Å². The molecule has 0 amide bonds. The van der Waals surface area contributed by atoms with E-state index in [4.69, 9.17) is 0 Å². The van der Waals surface area contributed by atoms with Crippen molar-refractivity contribution in [3.63, 3.8) is 0 Å². The fourth-order valence-electron chi connectivity index (χ4n) is 2.29. The minimum absolute atomic E-state index is 0.365. The summed E-state index contributed by atoms with van der Waals surface area (Å²) in [6.07, 6.45) is 0. The number of sulfonamides is 1. The first-order valence-corrected chi connectivity index (χ1v) is 8.91. The molecule has 0 saturated carbocycles. The van der Waals surface area contributed by atoms with Gasteiger partial charge in [-0.1, -0.05) is 42.8 Å². The smallest absolute Gasteiger partial charge is 0.207 e. The van der Waals surface area contributed by atoms with Crippen LogP contribution in [0.15, 0.2) is 47.4 Å². The van der Waals surface area contributed by atoms with Gasteiger partial charge in [0, 0.05) is 13.1 Å². The third-order valence-electron chi connectivity index (χ3n) is 3.95. The van der Waals surface area contributed by atoms with Gasteiger partial charge in [-0.3, -0.25) is 0 Å². The molecule has 2 rings (SSSR count). The first-order valence-electron chi connectivity index (χ1n) is 7.47. The van der Waals surface area contributed by atoms with Gasteiger partial charge in [-0.25, -0.2) is 8.42 Å². The first kappa shape index (κ1) is 16.7. The van der Waals surface area contributed by atoms with Crippen molar-refractivity contribution in [3.8, 4) is 0 Å². The van der Waals surface area contributed by atoms with Crippen LogP contribution in [0.25, 0.3) is 0 Å². The topological polar surface area (TPSA) is 37.4 Å². The Morgan fingerprint density at radius 3 is 2.09 bits per heavy atom. The Balaban J connectivity index is 2.31. The standard InChI is InChI=1S/C18H23NO2S/c1-5-19(13-17-9-6-14(2)7-10-17)22(20,21)18-11-8-15(3)16(4)12-18/h6-12H,5,13H2,1-4H3. The Morgan fingerprint density at radius 1 is 0.909 bits per heavy atom. The van der Waals surface area contributed by atoms with E-state index >= 15 is 0 Å². The second-order valence-corrected chi connectivity index (χ2v) is 7.60. The first-order chi connectivity index (χ1) is 10.3. The maximum atomic E-state index is 12.8. The Hall–Kier alpha value is -1.65. The molecule has 22 heavy (non-hydrogen) atoms. The molecule has 0 spiro atoms. The van der Waals surface area contributed by atoms with Gasteiger partial charge in [-0.15, -0.1) is 0 Å². The van der Waals surface area contributed by atoms with Crippen LogP contribution in [0.5, 0.6) is 0 Å². The van der Waals surface area contributed by atoms with E-state index in [2.05, 4.69) is 0 Å². The highest BCUT2D eigenvalue weighted by molar-refractivity contribution is 7.89. The van der Waals surface area contributed by atoms with Crippen LogP contribution in [0, 0.1) is 20.8 Å². The fraction of sp³-hybridized carbons (Fsp3) is 0.333. The maximum absolute atomic E-state index is 12.8. The van der Waals surface area contributed by atoms with Crippen molar-refractivity contribution in [2.45, 2.75) is 39.1 Å². The molecule has 0 unspecified atom stereocenters. The van der Waals surface area contributed by atoms with Crippen molar-refractivity contribution < 1.29 is 8.42 Å². The second-order valence-electron chi connectivity index (χ2n) is 5.66. The van der Waals surface area contributed by atoms with Crippen molar-refractivity contribution in [1.29, 1.82) is 0 Å². The van der Waals surface area contributed by atoms with Crippen molar-refractivity contribution >= 4 is 10.0 Å². The largest absolute Gasteiger partial charge is 0.243 e. The van der Waals surface area contributed by atoms with Crippen molar-refractivity contribution in [2.75, 3.05) is 6.54 Å². The lowest BCUT2D eigenvalue weighted by atomic mass is 10.1. The Bertz CT molecular complexity index is 749. The van der Waals surface area contributed by atoms with Crippen molar-refractivity contribution in [3.05, 3.63) is 64.7 Å². The summed E-state index contributed by atoms with van der Waals surface area (Å²) < 4.78 is 27.2. The lowest BCUT2D eigenvalue weighted by Gasteiger charge is -2.21. The van der Waals surface area contributed by atoms with Gasteiger partial charge in [0.05, 0.1) is 4.90 Å². The SMILES string of the molecule is CCN(Cc1ccc(C)cc1)S(=O)(=O)c1ccc(C)c(C)c1. The molecule has 0 atom stereocenters. The number of hydrogen-bond donors (Lipinski definition) is 0. The summed E-state index contributed by atoms with van der Waals surface area (Å²) in [4.78, 5) is 0.365. The van der Waals surface area contributed by atoms with Crippen molar-refractivity contribution in [2.24, 2.45) is 0 Å². The van der Waals surface area contributed by atoms with Crippen LogP contribution in [0.2, 0.25) is 0 Å². The Morgan fingerprint density at radius 2 is 1.55 bits per heavy atom. The van der Waals surface area contributed by atoms with Gasteiger partial charge in [-0.2, -0.15) is 4.31 Å². The van der Waals surface area contributed by atoms with Crippen LogP contribution in [0.3, 0.4) is 0 Å². The zero-order valence-corrected chi connectivity index (χ0v) is 14.4. The molecule has 2 aromatic rings. The zero-order chi connectivity index (χ0) is 16.3. The summed E-state index contributed by atoms with van der Waals surface area (Å²) in [5, 5.41) is 0. The molecule has 0 heterocycles. The summed E-state index contributed by atoms with van der Waals surface area (Å²) in [5.74, 6) is 0. The normalized spacial score (nSPS) is 11.9. The van der Waals surface area contributed by atoms with Gasteiger partial charge in [0.1, 0.15) is 0 Å². The molecule has 2 aromatic carbocycles. The lowest BCUT2D eigenvalue weighted by Crippen LogP contribution is -2.30. The molecule has 4 heteroatoms. The molecule has 0 aliphatic carbocycles. The average molecular weight is 317 g/mol. The highest BCUT2D eigenvalue weighted by Crippen LogP contribution is 2.21. The summed E-state index contributed by atoms with van der Waals surface area (Å²) in [6.45, 7) is 8.65. The molecule has 0 radical (unpaired) electrons. The van der Waals surface area contributed by atoms with E-state index in [1.54, 1.807) is 12.1 Å². The Kier molecular flexibility index (Phi) is 5.04. The van der Waals surface area contributed by atoms with Gasteiger partial charge < -0.3 is 0 Å². The number of hydrogen-bond acceptors (Lipinski definition) is 2. The van der Waals surface area contributed by atoms with Crippen LogP contribution in [-0.4, -0.2) is 19.3 Å². The predicted octanol–water partition coefficient (Wildman–Crippen LogP) is 3.82. The number of aryl methyl sites for hydroxylation is 3. The quantitative estimate of drug-likeness (QED) is 0.840. The summed E-state index contributed by atoms with van der Waals surface area (Å²) in [5.41, 5.74) is 4.26. The Labute approximate surface area is 133 Å². The van der Waals surface area contributed by atoms with E-state index in [0.717, 1.165) is 16.7 Å². The molecule has 0 N–H and O–H groups in total. The van der Waals surface area contributed by atoms with E-state index in [1.165, 1.54) is 9.87 Å². The summed E-state index contributed by atoms with van der Waals surface area (Å²) >= 11 is 0. The van der Waals surface area contributed by atoms with E-state index in [1.807, 2.05) is 58.0 Å². The van der Waals surface area contributed by atoms with E-state index in [0.29, 0.717) is 18.0 Å². The van der Waals surface area contributed by atoms with Gasteiger partial charge in [0.15, 0.2) is 0 Å². The van der Waals surface area contributed by atoms with Crippen LogP contribution < -0.4 is 0 Å². The maximum Gasteiger partial charge on any atom is 0.243 e. The third kappa shape index (κ3) is 3.57. The molecule has 118 valence electrons. The number of benzene rings is 2. The number of rotatable bonds is 5. The molecule has 0 fully saturated rings. The highest BCUT2D eigenvalue weighted by atomic mass is 32.2. The molecular weight excluding hydrogens is 294 g/mol. The van der Waals surface area contributed by atoms with Gasteiger partial charge in [0.2, 0.25) is 10.0 Å². The highest BCUT2D eigenvalue weighted by Gasteiger charge is 2.23. The molecule has 0 aliphatic heterocycles. The van der Waals surface area contributed by atoms with E-state index in [9.17, 15) is 8.42 Å². The third-order valence-corrected chi connectivity index (χ3v) is 5.87. The molecule has 0 aromatic heterocycles. The molecule has 3 nitrogen and oxygen atoms in total. The molecule has 0 saturated heterocycles. The van der Waals surface area contributed by atoms with E-state index in [-0.39, 0.29) is 0 Å². The summed E-state index contributed by atoms with van der Waals surface area (Å²) in [6, 6.07) is 13.3. The summed E-state index contributed by atoms with van der Waals surface area (Å²) in [7, 11) is -3.47. The minimum Gasteiger partial charge on any atom is -0.207 e. The predicted molar refractivity (Wildman–Crippen MR) is 90.4 cm³/mol. The molecule has 0 aliphatic rings. The van der Waals surface area contributed by atoms with Crippen LogP contribution in [0.4, 0.5) is 0 Å². The van der Waals surface area contributed by atoms with Crippen LogP contribution >= 0.6 is 0 Å². The number of nitrogens with zero attached hydrogens (tertiary/aromatic N) is 1. The molecular formula is C18H23NO2S. The lowest BCUT2D eigenvalue weighted by molar-refractivity contribution is 0.423. The van der Waals surface area contributed by atoms with Gasteiger partial charge in [0.25, 0.3) is 0 Å². The van der Waals surface area contributed by atoms with Crippen LogP contribution in [-0.2, 0) is 16.6 Å². The van der Waals surface area contributed by atoms with Crippen LogP contribution in [0.1, 0.15) is 29.2 Å². The monoisotopic (exact) mass is 317 g/mol. The molecule has 0 bridgehead atoms. The van der Waals surface area contributed by atoms with Gasteiger partial charge >= 0.3 is 0 Å². The average Bonchev–Trinajstić information content (AvgIpc) is 2.49. The second kappa shape index (κ2) is 6.63.